The van der Waals surface area contributed by atoms with Crippen molar-refractivity contribution in [3.05, 3.63) is 47.8 Å². The molecule has 21 heavy (non-hydrogen) atoms. The lowest BCUT2D eigenvalue weighted by molar-refractivity contribution is 0.0690. The van der Waals surface area contributed by atoms with Crippen LogP contribution in [0.1, 0.15) is 20.8 Å². The lowest BCUT2D eigenvalue weighted by Crippen LogP contribution is -2.13. The van der Waals surface area contributed by atoms with Gasteiger partial charge in [-0.15, -0.1) is 0 Å². The van der Waals surface area contributed by atoms with E-state index < -0.39 is 11.9 Å². The molecule has 1 aliphatic heterocycles. The van der Waals surface area contributed by atoms with Gasteiger partial charge in [0.05, 0.1) is 0 Å². The Balaban J connectivity index is 1.80. The number of rotatable bonds is 3. The Morgan fingerprint density at radius 2 is 1.95 bits per heavy atom. The minimum absolute atomic E-state index is 0.152. The molecule has 2 heterocycles. The Morgan fingerprint density at radius 3 is 2.76 bits per heavy atom. The number of amides is 1. The molecule has 1 amide bonds. The summed E-state index contributed by atoms with van der Waals surface area (Å²) < 4.78 is 10.4. The van der Waals surface area contributed by atoms with Gasteiger partial charge in [0.25, 0.3) is 5.91 Å². The van der Waals surface area contributed by atoms with Crippen LogP contribution in [-0.4, -0.2) is 28.8 Å². The standard InChI is InChI=1S/C14H10N2O5/c17-13(8-3-4-15-10(5-8)14(18)19)16-9-1-2-11-12(6-9)21-7-20-11/h1-6H,7H2,(H,16,17)(H,18,19). The van der Waals surface area contributed by atoms with Crippen LogP contribution in [0.5, 0.6) is 11.5 Å². The second-order valence-corrected chi connectivity index (χ2v) is 4.26. The largest absolute Gasteiger partial charge is 0.477 e. The molecule has 1 aromatic heterocycles. The molecule has 0 saturated carbocycles. The second-order valence-electron chi connectivity index (χ2n) is 4.26. The maximum atomic E-state index is 12.1. The van der Waals surface area contributed by atoms with Crippen molar-refractivity contribution in [2.45, 2.75) is 0 Å². The van der Waals surface area contributed by atoms with Crippen molar-refractivity contribution in [3.63, 3.8) is 0 Å². The number of aromatic nitrogens is 1. The average Bonchev–Trinajstić information content (AvgIpc) is 2.95. The number of aromatic carboxylic acids is 1. The quantitative estimate of drug-likeness (QED) is 0.892. The molecule has 106 valence electrons. The van der Waals surface area contributed by atoms with Crippen LogP contribution in [0.25, 0.3) is 0 Å². The Hall–Kier alpha value is -3.09. The number of benzene rings is 1. The molecule has 2 N–H and O–H groups in total. The van der Waals surface area contributed by atoms with E-state index in [0.717, 1.165) is 0 Å². The third-order valence-electron chi connectivity index (χ3n) is 2.87. The fourth-order valence-electron chi connectivity index (χ4n) is 1.87. The Morgan fingerprint density at radius 1 is 1.14 bits per heavy atom. The number of carbonyl (C=O) groups excluding carboxylic acids is 1. The summed E-state index contributed by atoms with van der Waals surface area (Å²) in [4.78, 5) is 26.6. The first-order valence-corrected chi connectivity index (χ1v) is 6.04. The number of pyridine rings is 1. The van der Waals surface area contributed by atoms with Gasteiger partial charge in [-0.2, -0.15) is 0 Å². The predicted molar refractivity (Wildman–Crippen MR) is 71.7 cm³/mol. The van der Waals surface area contributed by atoms with Crippen molar-refractivity contribution in [1.29, 1.82) is 0 Å². The number of fused-ring (bicyclic) bond motifs is 1. The maximum absolute atomic E-state index is 12.1. The first-order valence-electron chi connectivity index (χ1n) is 6.04. The Bertz CT molecular complexity index is 729. The molecular formula is C14H10N2O5. The summed E-state index contributed by atoms with van der Waals surface area (Å²) in [5, 5.41) is 11.5. The monoisotopic (exact) mass is 286 g/mol. The van der Waals surface area contributed by atoms with Crippen molar-refractivity contribution in [2.24, 2.45) is 0 Å². The highest BCUT2D eigenvalue weighted by Gasteiger charge is 2.15. The third-order valence-corrected chi connectivity index (χ3v) is 2.87. The van der Waals surface area contributed by atoms with Crippen molar-refractivity contribution in [2.75, 3.05) is 12.1 Å². The van der Waals surface area contributed by atoms with Gasteiger partial charge in [0.15, 0.2) is 11.5 Å². The normalized spacial score (nSPS) is 12.0. The van der Waals surface area contributed by atoms with Gasteiger partial charge in [-0.25, -0.2) is 9.78 Å². The first-order chi connectivity index (χ1) is 10.1. The van der Waals surface area contributed by atoms with Crippen molar-refractivity contribution >= 4 is 17.6 Å². The van der Waals surface area contributed by atoms with Crippen molar-refractivity contribution in [1.82, 2.24) is 4.98 Å². The summed E-state index contributed by atoms with van der Waals surface area (Å²) in [6.07, 6.45) is 1.28. The Labute approximate surface area is 119 Å². The number of nitrogens with zero attached hydrogens (tertiary/aromatic N) is 1. The second kappa shape index (κ2) is 5.12. The van der Waals surface area contributed by atoms with Gasteiger partial charge >= 0.3 is 5.97 Å². The fourth-order valence-corrected chi connectivity index (χ4v) is 1.87. The summed E-state index contributed by atoms with van der Waals surface area (Å²) in [7, 11) is 0. The van der Waals surface area contributed by atoms with Gasteiger partial charge in [-0.3, -0.25) is 4.79 Å². The number of hydrogen-bond acceptors (Lipinski definition) is 5. The van der Waals surface area contributed by atoms with E-state index in [-0.39, 0.29) is 18.1 Å². The zero-order valence-electron chi connectivity index (χ0n) is 10.7. The zero-order chi connectivity index (χ0) is 14.8. The molecule has 0 spiro atoms. The fraction of sp³-hybridized carbons (Fsp3) is 0.0714. The van der Waals surface area contributed by atoms with Gasteiger partial charge < -0.3 is 19.9 Å². The Kier molecular flexibility index (Phi) is 3.15. The number of carbonyl (C=O) groups is 2. The molecule has 7 nitrogen and oxygen atoms in total. The van der Waals surface area contributed by atoms with E-state index >= 15 is 0 Å². The number of hydrogen-bond donors (Lipinski definition) is 2. The van der Waals surface area contributed by atoms with Crippen LogP contribution in [0.4, 0.5) is 5.69 Å². The number of anilines is 1. The number of ether oxygens (including phenoxy) is 2. The van der Waals surface area contributed by atoms with E-state index in [2.05, 4.69) is 10.3 Å². The number of carboxylic acid groups (broad SMARTS) is 1. The maximum Gasteiger partial charge on any atom is 0.354 e. The van der Waals surface area contributed by atoms with E-state index in [1.807, 2.05) is 0 Å². The smallest absolute Gasteiger partial charge is 0.354 e. The van der Waals surface area contributed by atoms with Gasteiger partial charge in [0.1, 0.15) is 5.69 Å². The molecule has 2 aromatic rings. The predicted octanol–water partition coefficient (Wildman–Crippen LogP) is 1.76. The topological polar surface area (TPSA) is 97.8 Å². The third kappa shape index (κ3) is 2.62. The van der Waals surface area contributed by atoms with E-state index in [1.165, 1.54) is 18.3 Å². The van der Waals surface area contributed by atoms with E-state index in [0.29, 0.717) is 17.2 Å². The van der Waals surface area contributed by atoms with Crippen LogP contribution < -0.4 is 14.8 Å². The molecule has 0 unspecified atom stereocenters. The van der Waals surface area contributed by atoms with E-state index in [4.69, 9.17) is 14.6 Å². The molecule has 1 aromatic carbocycles. The zero-order valence-corrected chi connectivity index (χ0v) is 10.7. The lowest BCUT2D eigenvalue weighted by atomic mass is 10.2. The van der Waals surface area contributed by atoms with Crippen LogP contribution >= 0.6 is 0 Å². The molecule has 7 heteroatoms. The van der Waals surface area contributed by atoms with Crippen LogP contribution in [0.3, 0.4) is 0 Å². The SMILES string of the molecule is O=C(Nc1ccc2c(c1)OCO2)c1ccnc(C(=O)O)c1. The van der Waals surface area contributed by atoms with Crippen LogP contribution in [-0.2, 0) is 0 Å². The molecule has 3 rings (SSSR count). The van der Waals surface area contributed by atoms with Crippen molar-refractivity contribution < 1.29 is 24.2 Å². The molecule has 0 atom stereocenters. The van der Waals surface area contributed by atoms with Gasteiger partial charge in [-0.1, -0.05) is 0 Å². The molecule has 0 fully saturated rings. The molecule has 0 radical (unpaired) electrons. The molecule has 1 aliphatic rings. The van der Waals surface area contributed by atoms with Crippen LogP contribution in [0.2, 0.25) is 0 Å². The van der Waals surface area contributed by atoms with Crippen LogP contribution in [0.15, 0.2) is 36.5 Å². The number of carboxylic acids is 1. The molecule has 0 bridgehead atoms. The van der Waals surface area contributed by atoms with Gasteiger partial charge in [0, 0.05) is 23.5 Å². The van der Waals surface area contributed by atoms with Gasteiger partial charge in [0.2, 0.25) is 6.79 Å². The summed E-state index contributed by atoms with van der Waals surface area (Å²) >= 11 is 0. The molecule has 0 saturated heterocycles. The highest BCUT2D eigenvalue weighted by atomic mass is 16.7. The van der Waals surface area contributed by atoms with Crippen LogP contribution in [0, 0.1) is 0 Å². The molecule has 0 aliphatic carbocycles. The average molecular weight is 286 g/mol. The number of nitrogens with one attached hydrogen (secondary N) is 1. The highest BCUT2D eigenvalue weighted by Crippen LogP contribution is 2.34. The van der Waals surface area contributed by atoms with Crippen molar-refractivity contribution in [3.8, 4) is 11.5 Å². The first kappa shape index (κ1) is 12.9. The minimum atomic E-state index is -1.19. The lowest BCUT2D eigenvalue weighted by Gasteiger charge is -2.06. The summed E-state index contributed by atoms with van der Waals surface area (Å²) in [5.41, 5.74) is 0.548. The molecular weight excluding hydrogens is 276 g/mol. The van der Waals surface area contributed by atoms with Gasteiger partial charge in [-0.05, 0) is 24.3 Å². The highest BCUT2D eigenvalue weighted by molar-refractivity contribution is 6.05. The van der Waals surface area contributed by atoms with E-state index in [1.54, 1.807) is 18.2 Å². The summed E-state index contributed by atoms with van der Waals surface area (Å²) in [6, 6.07) is 7.65. The summed E-state index contributed by atoms with van der Waals surface area (Å²) in [6.45, 7) is 0.152. The van der Waals surface area contributed by atoms with E-state index in [9.17, 15) is 9.59 Å². The minimum Gasteiger partial charge on any atom is -0.477 e. The summed E-state index contributed by atoms with van der Waals surface area (Å²) in [5.74, 6) is -0.453.